The molecule has 1 aliphatic rings. The van der Waals surface area contributed by atoms with Crippen LogP contribution >= 0.6 is 11.3 Å². The van der Waals surface area contributed by atoms with E-state index in [0.29, 0.717) is 18.1 Å². The average molecular weight is 266 g/mol. The summed E-state index contributed by atoms with van der Waals surface area (Å²) in [5.74, 6) is 0.746. The van der Waals surface area contributed by atoms with Gasteiger partial charge in [0.2, 0.25) is 0 Å². The molecule has 1 fully saturated rings. The molecule has 1 N–H and O–H groups in total. The van der Waals surface area contributed by atoms with Crippen LogP contribution in [0.2, 0.25) is 0 Å². The maximum Gasteiger partial charge on any atom is 0.0122 e. The number of thiophene rings is 1. The van der Waals surface area contributed by atoms with Crippen molar-refractivity contribution < 1.29 is 0 Å². The van der Waals surface area contributed by atoms with Crippen LogP contribution < -0.4 is 5.32 Å². The predicted molar refractivity (Wildman–Crippen MR) is 80.3 cm³/mol. The fourth-order valence-electron chi connectivity index (χ4n) is 2.96. The van der Waals surface area contributed by atoms with Gasteiger partial charge in [-0.3, -0.25) is 0 Å². The van der Waals surface area contributed by atoms with Gasteiger partial charge in [0.25, 0.3) is 0 Å². The lowest BCUT2D eigenvalue weighted by Crippen LogP contribution is -2.53. The molecule has 0 amide bonds. The molecule has 1 aliphatic heterocycles. The summed E-state index contributed by atoms with van der Waals surface area (Å²) in [4.78, 5) is 2.48. The lowest BCUT2D eigenvalue weighted by Gasteiger charge is -2.41. The second-order valence-corrected chi connectivity index (χ2v) is 6.79. The summed E-state index contributed by atoms with van der Waals surface area (Å²) in [6, 6.07) is 4.18. The molecule has 1 aromatic heterocycles. The van der Waals surface area contributed by atoms with Crippen LogP contribution in [-0.2, 0) is 6.42 Å². The van der Waals surface area contributed by atoms with E-state index in [1.807, 2.05) is 0 Å². The highest BCUT2D eigenvalue weighted by Gasteiger charge is 2.29. The summed E-state index contributed by atoms with van der Waals surface area (Å²) < 4.78 is 0. The lowest BCUT2D eigenvalue weighted by atomic mass is 9.89. The van der Waals surface area contributed by atoms with Crippen LogP contribution in [0.4, 0.5) is 0 Å². The smallest absolute Gasteiger partial charge is 0.0122 e. The van der Waals surface area contributed by atoms with Crippen LogP contribution in [0.25, 0.3) is 0 Å². The molecule has 0 spiro atoms. The van der Waals surface area contributed by atoms with Crippen LogP contribution in [0.1, 0.15) is 32.8 Å². The van der Waals surface area contributed by atoms with E-state index in [4.69, 9.17) is 0 Å². The van der Waals surface area contributed by atoms with E-state index in [9.17, 15) is 0 Å². The van der Waals surface area contributed by atoms with Crippen molar-refractivity contribution in [2.24, 2.45) is 5.92 Å². The Kier molecular flexibility index (Phi) is 4.82. The van der Waals surface area contributed by atoms with Gasteiger partial charge in [-0.2, -0.15) is 11.3 Å². The first-order valence-corrected chi connectivity index (χ1v) is 7.98. The molecule has 1 aromatic rings. The summed E-state index contributed by atoms with van der Waals surface area (Å²) in [7, 11) is 2.24. The largest absolute Gasteiger partial charge is 0.311 e. The number of likely N-dealkylation sites (tertiary alicyclic amines) is 1. The summed E-state index contributed by atoms with van der Waals surface area (Å²) in [6.07, 6.45) is 2.42. The van der Waals surface area contributed by atoms with Crippen LogP contribution in [0.15, 0.2) is 16.8 Å². The first kappa shape index (κ1) is 14.0. The van der Waals surface area contributed by atoms with E-state index >= 15 is 0 Å². The third-order valence-electron chi connectivity index (χ3n) is 4.23. The molecule has 0 radical (unpaired) electrons. The maximum atomic E-state index is 3.84. The summed E-state index contributed by atoms with van der Waals surface area (Å²) >= 11 is 1.79. The molecule has 0 aliphatic carbocycles. The number of nitrogens with one attached hydrogen (secondary N) is 1. The van der Waals surface area contributed by atoms with E-state index in [2.05, 4.69) is 54.9 Å². The molecule has 4 unspecified atom stereocenters. The molecule has 1 saturated heterocycles. The average Bonchev–Trinajstić information content (AvgIpc) is 2.78. The summed E-state index contributed by atoms with van der Waals surface area (Å²) in [5, 5.41) is 8.27. The van der Waals surface area contributed by atoms with Gasteiger partial charge in [-0.05, 0) is 62.0 Å². The van der Waals surface area contributed by atoms with Gasteiger partial charge in [0, 0.05) is 24.7 Å². The normalized spacial score (nSPS) is 31.4. The highest BCUT2D eigenvalue weighted by Crippen LogP contribution is 2.21. The summed E-state index contributed by atoms with van der Waals surface area (Å²) in [6.45, 7) is 8.23. The zero-order valence-electron chi connectivity index (χ0n) is 12.0. The third-order valence-corrected chi connectivity index (χ3v) is 4.96. The van der Waals surface area contributed by atoms with Crippen molar-refractivity contribution in [2.45, 2.75) is 51.7 Å². The molecule has 3 heteroatoms. The second-order valence-electron chi connectivity index (χ2n) is 6.01. The van der Waals surface area contributed by atoms with Crippen molar-refractivity contribution in [3.05, 3.63) is 22.4 Å². The van der Waals surface area contributed by atoms with Crippen LogP contribution in [0.5, 0.6) is 0 Å². The highest BCUT2D eigenvalue weighted by atomic mass is 32.1. The molecule has 2 nitrogen and oxygen atoms in total. The number of hydrogen-bond acceptors (Lipinski definition) is 3. The van der Waals surface area contributed by atoms with Crippen LogP contribution in [0, 0.1) is 5.92 Å². The topological polar surface area (TPSA) is 15.3 Å². The minimum absolute atomic E-state index is 0.572. The first-order chi connectivity index (χ1) is 8.56. The monoisotopic (exact) mass is 266 g/mol. The van der Waals surface area contributed by atoms with E-state index in [-0.39, 0.29) is 0 Å². The minimum atomic E-state index is 0.572. The molecular formula is C15H26N2S. The van der Waals surface area contributed by atoms with Crippen molar-refractivity contribution in [1.29, 1.82) is 0 Å². The van der Waals surface area contributed by atoms with Crippen molar-refractivity contribution in [3.63, 3.8) is 0 Å². The van der Waals surface area contributed by atoms with Gasteiger partial charge in [0.15, 0.2) is 0 Å². The molecule has 2 rings (SSSR count). The molecule has 102 valence electrons. The molecule has 0 saturated carbocycles. The van der Waals surface area contributed by atoms with Crippen molar-refractivity contribution in [3.8, 4) is 0 Å². The lowest BCUT2D eigenvalue weighted by molar-refractivity contribution is 0.116. The van der Waals surface area contributed by atoms with Crippen LogP contribution in [-0.4, -0.2) is 36.6 Å². The Morgan fingerprint density at radius 1 is 1.50 bits per heavy atom. The summed E-state index contributed by atoms with van der Waals surface area (Å²) in [5.41, 5.74) is 1.47. The third kappa shape index (κ3) is 3.56. The molecule has 2 heterocycles. The molecular weight excluding hydrogens is 240 g/mol. The number of rotatable bonds is 4. The zero-order chi connectivity index (χ0) is 13.1. The van der Waals surface area contributed by atoms with Crippen molar-refractivity contribution in [1.82, 2.24) is 10.2 Å². The fourth-order valence-corrected chi connectivity index (χ4v) is 3.64. The van der Waals surface area contributed by atoms with E-state index in [0.717, 1.165) is 12.3 Å². The quantitative estimate of drug-likeness (QED) is 0.901. The van der Waals surface area contributed by atoms with Gasteiger partial charge in [-0.15, -0.1) is 0 Å². The SMILES string of the molecule is CC(Cc1ccsc1)NC1CC(C)N(C)CC1C. The van der Waals surface area contributed by atoms with Gasteiger partial charge in [-0.25, -0.2) is 0 Å². The van der Waals surface area contributed by atoms with E-state index in [1.165, 1.54) is 18.5 Å². The Morgan fingerprint density at radius 3 is 2.94 bits per heavy atom. The standard InChI is InChI=1S/C15H26N2S/c1-11-9-17(4)13(3)8-15(11)16-12(2)7-14-5-6-18-10-14/h5-6,10-13,15-16H,7-9H2,1-4H3. The van der Waals surface area contributed by atoms with Gasteiger partial charge in [0.05, 0.1) is 0 Å². The van der Waals surface area contributed by atoms with Crippen molar-refractivity contribution >= 4 is 11.3 Å². The Balaban J connectivity index is 1.84. The first-order valence-electron chi connectivity index (χ1n) is 7.03. The Morgan fingerprint density at radius 2 is 2.28 bits per heavy atom. The predicted octanol–water partition coefficient (Wildman–Crippen LogP) is 3.00. The van der Waals surface area contributed by atoms with Gasteiger partial charge in [-0.1, -0.05) is 6.92 Å². The number of piperidine rings is 1. The molecule has 0 aromatic carbocycles. The molecule has 0 bridgehead atoms. The van der Waals surface area contributed by atoms with E-state index < -0.39 is 0 Å². The molecule has 4 atom stereocenters. The van der Waals surface area contributed by atoms with Gasteiger partial charge in [0.1, 0.15) is 0 Å². The Hall–Kier alpha value is -0.380. The van der Waals surface area contributed by atoms with Gasteiger partial charge < -0.3 is 10.2 Å². The van der Waals surface area contributed by atoms with Gasteiger partial charge >= 0.3 is 0 Å². The fraction of sp³-hybridized carbons (Fsp3) is 0.733. The van der Waals surface area contributed by atoms with Crippen molar-refractivity contribution in [2.75, 3.05) is 13.6 Å². The second kappa shape index (κ2) is 6.18. The zero-order valence-corrected chi connectivity index (χ0v) is 12.8. The Bertz CT molecular complexity index is 349. The Labute approximate surface area is 115 Å². The van der Waals surface area contributed by atoms with E-state index in [1.54, 1.807) is 11.3 Å². The minimum Gasteiger partial charge on any atom is -0.311 e. The maximum absolute atomic E-state index is 3.84. The number of hydrogen-bond donors (Lipinski definition) is 1. The number of nitrogens with zero attached hydrogens (tertiary/aromatic N) is 1. The van der Waals surface area contributed by atoms with Crippen LogP contribution in [0.3, 0.4) is 0 Å². The highest BCUT2D eigenvalue weighted by molar-refractivity contribution is 7.07. The molecule has 18 heavy (non-hydrogen) atoms.